The van der Waals surface area contributed by atoms with E-state index in [0.29, 0.717) is 22.9 Å². The second kappa shape index (κ2) is 9.09. The van der Waals surface area contributed by atoms with Crippen LogP contribution in [0.2, 0.25) is 0 Å². The maximum Gasteiger partial charge on any atom is 0.264 e. The summed E-state index contributed by atoms with van der Waals surface area (Å²) in [5, 5.41) is 0. The molecule has 0 bridgehead atoms. The van der Waals surface area contributed by atoms with Crippen molar-refractivity contribution in [3.05, 3.63) is 78.4 Å². The van der Waals surface area contributed by atoms with E-state index in [4.69, 9.17) is 14.2 Å². The third kappa shape index (κ3) is 4.36. The molecule has 158 valence electrons. The molecular formula is C23H25NO5S. The van der Waals surface area contributed by atoms with Gasteiger partial charge in [0.25, 0.3) is 10.0 Å². The standard InChI is InChI=1S/C23H25NO5S/c1-17(18-7-5-9-21(15-18)28-3)24(19-8-6-10-22(16-19)29-4)30(25,26)23-13-11-20(27-2)12-14-23/h5-17H,1-4H3/t17-/m0/s1. The molecule has 0 unspecified atom stereocenters. The zero-order chi connectivity index (χ0) is 21.7. The molecular weight excluding hydrogens is 402 g/mol. The molecule has 0 aromatic heterocycles. The van der Waals surface area contributed by atoms with Gasteiger partial charge in [-0.05, 0) is 61.0 Å². The van der Waals surface area contributed by atoms with E-state index in [-0.39, 0.29) is 4.90 Å². The summed E-state index contributed by atoms with van der Waals surface area (Å²) in [5.41, 5.74) is 1.30. The maximum atomic E-state index is 13.7. The Morgan fingerprint density at radius 2 is 1.30 bits per heavy atom. The molecule has 7 heteroatoms. The van der Waals surface area contributed by atoms with Gasteiger partial charge in [-0.1, -0.05) is 18.2 Å². The van der Waals surface area contributed by atoms with Crippen molar-refractivity contribution in [2.75, 3.05) is 25.6 Å². The van der Waals surface area contributed by atoms with Crippen molar-refractivity contribution in [1.29, 1.82) is 0 Å². The Labute approximate surface area is 177 Å². The lowest BCUT2D eigenvalue weighted by molar-refractivity contribution is 0.413. The molecule has 0 aliphatic carbocycles. The fourth-order valence-corrected chi connectivity index (χ4v) is 4.85. The van der Waals surface area contributed by atoms with Crippen molar-refractivity contribution < 1.29 is 22.6 Å². The smallest absolute Gasteiger partial charge is 0.264 e. The number of methoxy groups -OCH3 is 3. The second-order valence-corrected chi connectivity index (χ2v) is 8.45. The van der Waals surface area contributed by atoms with Gasteiger partial charge in [0.05, 0.1) is 38.0 Å². The van der Waals surface area contributed by atoms with Gasteiger partial charge in [0.15, 0.2) is 0 Å². The monoisotopic (exact) mass is 427 g/mol. The average molecular weight is 428 g/mol. The van der Waals surface area contributed by atoms with Gasteiger partial charge in [-0.2, -0.15) is 0 Å². The van der Waals surface area contributed by atoms with Gasteiger partial charge in [-0.25, -0.2) is 8.42 Å². The summed E-state index contributed by atoms with van der Waals surface area (Å²) in [6.45, 7) is 1.84. The summed E-state index contributed by atoms with van der Waals surface area (Å²) >= 11 is 0. The number of anilines is 1. The van der Waals surface area contributed by atoms with E-state index in [2.05, 4.69) is 0 Å². The Bertz CT molecular complexity index is 1100. The normalized spacial score (nSPS) is 12.1. The minimum atomic E-state index is -3.89. The van der Waals surface area contributed by atoms with Crippen LogP contribution in [0.25, 0.3) is 0 Å². The molecule has 0 heterocycles. The SMILES string of the molecule is COc1ccc(S(=O)(=O)N(c2cccc(OC)c2)[C@@H](C)c2cccc(OC)c2)cc1. The van der Waals surface area contributed by atoms with E-state index in [1.54, 1.807) is 62.8 Å². The van der Waals surface area contributed by atoms with Crippen LogP contribution in [0.3, 0.4) is 0 Å². The summed E-state index contributed by atoms with van der Waals surface area (Å²) in [5.74, 6) is 1.81. The number of hydrogen-bond donors (Lipinski definition) is 0. The van der Waals surface area contributed by atoms with Crippen LogP contribution in [-0.4, -0.2) is 29.7 Å². The fraction of sp³-hybridized carbons (Fsp3) is 0.217. The Hall–Kier alpha value is -3.19. The van der Waals surface area contributed by atoms with Crippen molar-refractivity contribution in [1.82, 2.24) is 0 Å². The highest BCUT2D eigenvalue weighted by Crippen LogP contribution is 2.36. The maximum absolute atomic E-state index is 13.7. The molecule has 0 saturated heterocycles. The predicted octanol–water partition coefficient (Wildman–Crippen LogP) is 4.67. The van der Waals surface area contributed by atoms with Crippen LogP contribution in [-0.2, 0) is 10.0 Å². The Balaban J connectivity index is 2.15. The van der Waals surface area contributed by atoms with Crippen molar-refractivity contribution in [3.63, 3.8) is 0 Å². The molecule has 0 saturated carbocycles. The van der Waals surface area contributed by atoms with Crippen LogP contribution in [0.15, 0.2) is 77.7 Å². The van der Waals surface area contributed by atoms with Crippen LogP contribution in [0.4, 0.5) is 5.69 Å². The molecule has 3 aromatic carbocycles. The van der Waals surface area contributed by atoms with Gasteiger partial charge < -0.3 is 14.2 Å². The van der Waals surface area contributed by atoms with E-state index in [0.717, 1.165) is 5.56 Å². The first-order chi connectivity index (χ1) is 14.4. The van der Waals surface area contributed by atoms with E-state index in [1.165, 1.54) is 11.4 Å². The van der Waals surface area contributed by atoms with Gasteiger partial charge in [-0.3, -0.25) is 4.31 Å². The Morgan fingerprint density at radius 1 is 0.733 bits per heavy atom. The first-order valence-corrected chi connectivity index (χ1v) is 10.8. The largest absolute Gasteiger partial charge is 0.497 e. The molecule has 0 aliphatic rings. The Morgan fingerprint density at radius 3 is 1.90 bits per heavy atom. The lowest BCUT2D eigenvalue weighted by Crippen LogP contribution is -2.33. The number of rotatable bonds is 8. The van der Waals surface area contributed by atoms with Crippen molar-refractivity contribution >= 4 is 15.7 Å². The first-order valence-electron chi connectivity index (χ1n) is 9.37. The number of benzene rings is 3. The fourth-order valence-electron chi connectivity index (χ4n) is 3.22. The third-order valence-electron chi connectivity index (χ3n) is 4.85. The molecule has 0 spiro atoms. The summed E-state index contributed by atoms with van der Waals surface area (Å²) < 4.78 is 44.6. The summed E-state index contributed by atoms with van der Waals surface area (Å²) in [7, 11) is 0.779. The predicted molar refractivity (Wildman–Crippen MR) is 117 cm³/mol. The van der Waals surface area contributed by atoms with Crippen molar-refractivity contribution in [2.24, 2.45) is 0 Å². The van der Waals surface area contributed by atoms with Crippen LogP contribution in [0, 0.1) is 0 Å². The molecule has 0 N–H and O–H groups in total. The molecule has 3 aromatic rings. The molecule has 6 nitrogen and oxygen atoms in total. The number of nitrogens with zero attached hydrogens (tertiary/aromatic N) is 1. The van der Waals surface area contributed by atoms with Gasteiger partial charge >= 0.3 is 0 Å². The zero-order valence-corrected chi connectivity index (χ0v) is 18.2. The van der Waals surface area contributed by atoms with Gasteiger partial charge in [-0.15, -0.1) is 0 Å². The lowest BCUT2D eigenvalue weighted by Gasteiger charge is -2.31. The highest BCUT2D eigenvalue weighted by molar-refractivity contribution is 7.92. The van der Waals surface area contributed by atoms with E-state index in [1.807, 2.05) is 31.2 Å². The molecule has 0 amide bonds. The minimum Gasteiger partial charge on any atom is -0.497 e. The topological polar surface area (TPSA) is 65.1 Å². The van der Waals surface area contributed by atoms with Crippen molar-refractivity contribution in [2.45, 2.75) is 17.9 Å². The molecule has 0 aliphatic heterocycles. The molecule has 3 rings (SSSR count). The zero-order valence-electron chi connectivity index (χ0n) is 17.4. The van der Waals surface area contributed by atoms with Crippen LogP contribution >= 0.6 is 0 Å². The van der Waals surface area contributed by atoms with Gasteiger partial charge in [0, 0.05) is 6.07 Å². The number of sulfonamides is 1. The molecule has 30 heavy (non-hydrogen) atoms. The average Bonchev–Trinajstić information content (AvgIpc) is 2.79. The van der Waals surface area contributed by atoms with E-state index >= 15 is 0 Å². The number of hydrogen-bond acceptors (Lipinski definition) is 5. The van der Waals surface area contributed by atoms with Crippen LogP contribution in [0.1, 0.15) is 18.5 Å². The third-order valence-corrected chi connectivity index (χ3v) is 6.76. The molecule has 1 atom stereocenters. The van der Waals surface area contributed by atoms with Crippen molar-refractivity contribution in [3.8, 4) is 17.2 Å². The Kier molecular flexibility index (Phi) is 6.52. The van der Waals surface area contributed by atoms with Crippen LogP contribution in [0.5, 0.6) is 17.2 Å². The van der Waals surface area contributed by atoms with E-state index in [9.17, 15) is 8.42 Å². The lowest BCUT2D eigenvalue weighted by atomic mass is 10.1. The summed E-state index contributed by atoms with van der Waals surface area (Å²) in [4.78, 5) is 0.167. The summed E-state index contributed by atoms with van der Waals surface area (Å²) in [6.07, 6.45) is 0. The van der Waals surface area contributed by atoms with Crippen LogP contribution < -0.4 is 18.5 Å². The first kappa shape index (κ1) is 21.5. The summed E-state index contributed by atoms with van der Waals surface area (Å²) in [6, 6.07) is 20.2. The van der Waals surface area contributed by atoms with Gasteiger partial charge in [0.1, 0.15) is 17.2 Å². The second-order valence-electron chi connectivity index (χ2n) is 6.63. The molecule has 0 fully saturated rings. The number of ether oxygens (including phenoxy) is 3. The molecule has 0 radical (unpaired) electrons. The minimum absolute atomic E-state index is 0.167. The highest BCUT2D eigenvalue weighted by atomic mass is 32.2. The highest BCUT2D eigenvalue weighted by Gasteiger charge is 2.31. The van der Waals surface area contributed by atoms with Gasteiger partial charge in [0.2, 0.25) is 0 Å². The van der Waals surface area contributed by atoms with E-state index < -0.39 is 16.1 Å². The quantitative estimate of drug-likeness (QED) is 0.523.